The standard InChI is InChI=1S/C16H10F2N2S2/c17-16(18)20-11-6-2-4-8-13(11)22-15(20)9-14-19-10-5-1-3-7-12(10)21-14/h1-9,16H/b15-9-. The molecule has 0 saturated carbocycles. The average molecular weight is 332 g/mol. The second-order valence-corrected chi connectivity index (χ2v) is 6.84. The second-order valence-electron chi connectivity index (χ2n) is 4.72. The third-order valence-electron chi connectivity index (χ3n) is 3.33. The lowest BCUT2D eigenvalue weighted by Gasteiger charge is -2.18. The molecule has 110 valence electrons. The normalized spacial score (nSPS) is 16.0. The van der Waals surface area contributed by atoms with Crippen LogP contribution >= 0.6 is 23.1 Å². The molecule has 0 unspecified atom stereocenters. The van der Waals surface area contributed by atoms with Crippen molar-refractivity contribution in [1.82, 2.24) is 4.98 Å². The first-order chi connectivity index (χ1) is 10.7. The average Bonchev–Trinajstić information content (AvgIpc) is 3.06. The van der Waals surface area contributed by atoms with E-state index in [0.29, 0.717) is 10.7 Å². The van der Waals surface area contributed by atoms with Gasteiger partial charge in [0.05, 0.1) is 20.9 Å². The van der Waals surface area contributed by atoms with Gasteiger partial charge in [0.25, 0.3) is 0 Å². The van der Waals surface area contributed by atoms with Crippen LogP contribution in [0, 0.1) is 0 Å². The molecule has 1 aliphatic rings. The van der Waals surface area contributed by atoms with Crippen LogP contribution in [0.15, 0.2) is 58.5 Å². The van der Waals surface area contributed by atoms with Crippen molar-refractivity contribution in [3.63, 3.8) is 0 Å². The number of rotatable bonds is 2. The van der Waals surface area contributed by atoms with Gasteiger partial charge in [-0.15, -0.1) is 11.3 Å². The Morgan fingerprint density at radius 2 is 1.82 bits per heavy atom. The Bertz CT molecular complexity index is 840. The molecule has 4 rings (SSSR count). The highest BCUT2D eigenvalue weighted by molar-refractivity contribution is 8.03. The van der Waals surface area contributed by atoms with Crippen molar-refractivity contribution in [2.75, 3.05) is 4.90 Å². The van der Waals surface area contributed by atoms with Crippen LogP contribution < -0.4 is 4.90 Å². The number of para-hydroxylation sites is 2. The maximum absolute atomic E-state index is 13.4. The van der Waals surface area contributed by atoms with Crippen LogP contribution in [-0.2, 0) is 0 Å². The highest BCUT2D eigenvalue weighted by Crippen LogP contribution is 2.48. The summed E-state index contributed by atoms with van der Waals surface area (Å²) in [5.74, 6) is 0. The van der Waals surface area contributed by atoms with E-state index in [1.54, 1.807) is 18.2 Å². The van der Waals surface area contributed by atoms with Crippen LogP contribution in [0.3, 0.4) is 0 Å². The van der Waals surface area contributed by atoms with Gasteiger partial charge in [0, 0.05) is 11.0 Å². The number of nitrogens with zero attached hydrogens (tertiary/aromatic N) is 2. The van der Waals surface area contributed by atoms with E-state index in [-0.39, 0.29) is 0 Å². The lowest BCUT2D eigenvalue weighted by molar-refractivity contribution is 0.153. The number of benzene rings is 2. The Labute approximate surface area is 134 Å². The monoisotopic (exact) mass is 332 g/mol. The van der Waals surface area contributed by atoms with Crippen molar-refractivity contribution in [3.05, 3.63) is 58.6 Å². The molecule has 0 fully saturated rings. The summed E-state index contributed by atoms with van der Waals surface area (Å²) in [4.78, 5) is 6.39. The lowest BCUT2D eigenvalue weighted by Crippen LogP contribution is -2.23. The fourth-order valence-electron chi connectivity index (χ4n) is 2.38. The maximum Gasteiger partial charge on any atom is 0.319 e. The number of aromatic nitrogens is 1. The number of anilines is 1. The summed E-state index contributed by atoms with van der Waals surface area (Å²) in [6.07, 6.45) is 1.74. The number of hydrogen-bond acceptors (Lipinski definition) is 4. The summed E-state index contributed by atoms with van der Waals surface area (Å²) in [6.45, 7) is -2.57. The van der Waals surface area contributed by atoms with Gasteiger partial charge in [-0.3, -0.25) is 4.90 Å². The minimum absolute atomic E-state index is 0.509. The van der Waals surface area contributed by atoms with Gasteiger partial charge in [0.2, 0.25) is 0 Å². The zero-order chi connectivity index (χ0) is 15.1. The molecular weight excluding hydrogens is 322 g/mol. The molecule has 2 nitrogen and oxygen atoms in total. The van der Waals surface area contributed by atoms with E-state index in [1.807, 2.05) is 36.4 Å². The van der Waals surface area contributed by atoms with Gasteiger partial charge in [-0.2, -0.15) is 8.78 Å². The number of thioether (sulfide) groups is 1. The summed E-state index contributed by atoms with van der Waals surface area (Å²) >= 11 is 2.86. The summed E-state index contributed by atoms with van der Waals surface area (Å²) in [6, 6.07) is 15.0. The minimum atomic E-state index is -2.57. The molecule has 0 aliphatic carbocycles. The van der Waals surface area contributed by atoms with Gasteiger partial charge in [-0.05, 0) is 24.3 Å². The van der Waals surface area contributed by atoms with Crippen molar-refractivity contribution in [2.45, 2.75) is 11.4 Å². The van der Waals surface area contributed by atoms with Gasteiger partial charge in [0.15, 0.2) is 0 Å². The second kappa shape index (κ2) is 5.37. The van der Waals surface area contributed by atoms with E-state index in [0.717, 1.165) is 25.0 Å². The van der Waals surface area contributed by atoms with Crippen molar-refractivity contribution in [1.29, 1.82) is 0 Å². The smallest absolute Gasteiger partial charge is 0.278 e. The molecule has 22 heavy (non-hydrogen) atoms. The van der Waals surface area contributed by atoms with E-state index in [9.17, 15) is 8.78 Å². The number of halogens is 2. The van der Waals surface area contributed by atoms with E-state index < -0.39 is 6.55 Å². The third-order valence-corrected chi connectivity index (χ3v) is 5.40. The van der Waals surface area contributed by atoms with Gasteiger partial charge >= 0.3 is 6.55 Å². The van der Waals surface area contributed by atoms with Crippen LogP contribution in [-0.4, -0.2) is 11.5 Å². The highest BCUT2D eigenvalue weighted by atomic mass is 32.2. The molecule has 6 heteroatoms. The molecule has 0 bridgehead atoms. The largest absolute Gasteiger partial charge is 0.319 e. The van der Waals surface area contributed by atoms with Crippen LogP contribution in [0.4, 0.5) is 14.5 Å². The van der Waals surface area contributed by atoms with Crippen molar-refractivity contribution in [3.8, 4) is 0 Å². The Morgan fingerprint density at radius 3 is 2.64 bits per heavy atom. The zero-order valence-electron chi connectivity index (χ0n) is 11.2. The Morgan fingerprint density at radius 1 is 1.05 bits per heavy atom. The Kier molecular flexibility index (Phi) is 3.35. The molecule has 0 radical (unpaired) electrons. The van der Waals surface area contributed by atoms with Crippen molar-refractivity contribution in [2.24, 2.45) is 0 Å². The molecule has 1 aromatic heterocycles. The molecule has 0 spiro atoms. The molecular formula is C16H10F2N2S2. The van der Waals surface area contributed by atoms with E-state index in [1.165, 1.54) is 23.1 Å². The van der Waals surface area contributed by atoms with Crippen LogP contribution in [0.5, 0.6) is 0 Å². The molecule has 0 saturated heterocycles. The first-order valence-electron chi connectivity index (χ1n) is 6.64. The summed E-state index contributed by atoms with van der Waals surface area (Å²) in [5, 5.41) is 1.25. The number of fused-ring (bicyclic) bond motifs is 2. The summed E-state index contributed by atoms with van der Waals surface area (Å²) in [5.41, 5.74) is 1.44. The lowest BCUT2D eigenvalue weighted by atomic mass is 10.3. The van der Waals surface area contributed by atoms with Crippen molar-refractivity contribution >= 4 is 45.1 Å². The van der Waals surface area contributed by atoms with Crippen LogP contribution in [0.25, 0.3) is 16.3 Å². The SMILES string of the molecule is FC(F)N1/C(=C/c2nc3ccccc3s2)Sc2ccccc21. The van der Waals surface area contributed by atoms with Crippen molar-refractivity contribution < 1.29 is 8.78 Å². The summed E-state index contributed by atoms with van der Waals surface area (Å²) < 4.78 is 27.9. The Balaban J connectivity index is 1.78. The molecule has 2 aromatic carbocycles. The molecule has 0 amide bonds. The maximum atomic E-state index is 13.4. The summed E-state index contributed by atoms with van der Waals surface area (Å²) in [7, 11) is 0. The highest BCUT2D eigenvalue weighted by Gasteiger charge is 2.31. The van der Waals surface area contributed by atoms with Crippen LogP contribution in [0.2, 0.25) is 0 Å². The molecule has 0 atom stereocenters. The topological polar surface area (TPSA) is 16.1 Å². The number of alkyl halides is 2. The number of hydrogen-bond donors (Lipinski definition) is 0. The quantitative estimate of drug-likeness (QED) is 0.582. The van der Waals surface area contributed by atoms with Gasteiger partial charge < -0.3 is 0 Å². The fourth-order valence-corrected chi connectivity index (χ4v) is 4.45. The zero-order valence-corrected chi connectivity index (χ0v) is 12.9. The first kappa shape index (κ1) is 13.7. The number of thiazole rings is 1. The first-order valence-corrected chi connectivity index (χ1v) is 8.27. The predicted molar refractivity (Wildman–Crippen MR) is 88.4 cm³/mol. The Hall–Kier alpha value is -1.92. The predicted octanol–water partition coefficient (Wildman–Crippen LogP) is 5.43. The van der Waals surface area contributed by atoms with E-state index >= 15 is 0 Å². The minimum Gasteiger partial charge on any atom is -0.278 e. The molecule has 2 heterocycles. The van der Waals surface area contributed by atoms with Gasteiger partial charge in [-0.25, -0.2) is 4.98 Å². The molecule has 1 aliphatic heterocycles. The molecule has 0 N–H and O–H groups in total. The van der Waals surface area contributed by atoms with Crippen LogP contribution in [0.1, 0.15) is 5.01 Å². The van der Waals surface area contributed by atoms with E-state index in [2.05, 4.69) is 4.98 Å². The van der Waals surface area contributed by atoms with E-state index in [4.69, 9.17) is 0 Å². The van der Waals surface area contributed by atoms with Gasteiger partial charge in [-0.1, -0.05) is 36.0 Å². The van der Waals surface area contributed by atoms with Gasteiger partial charge in [0.1, 0.15) is 5.01 Å². The fraction of sp³-hybridized carbons (Fsp3) is 0.0625. The third kappa shape index (κ3) is 2.28. The molecule has 3 aromatic rings.